The highest BCUT2D eigenvalue weighted by atomic mass is 19.1. The van der Waals surface area contributed by atoms with Gasteiger partial charge in [-0.3, -0.25) is 4.79 Å². The number of ketones is 1. The Morgan fingerprint density at radius 1 is 1.37 bits per heavy atom. The van der Waals surface area contributed by atoms with Gasteiger partial charge in [0.05, 0.1) is 19.5 Å². The van der Waals surface area contributed by atoms with E-state index in [9.17, 15) is 13.6 Å². The van der Waals surface area contributed by atoms with Crippen molar-refractivity contribution < 1.29 is 27.4 Å². The van der Waals surface area contributed by atoms with Crippen molar-refractivity contribution in [2.45, 2.75) is 44.3 Å². The Balaban J connectivity index is 1.92. The molecule has 30 heavy (non-hydrogen) atoms. The summed E-state index contributed by atoms with van der Waals surface area (Å²) in [6, 6.07) is 3.38. The van der Waals surface area contributed by atoms with Gasteiger partial charge in [-0.1, -0.05) is 6.07 Å². The Labute approximate surface area is 171 Å². The molecular weight excluding hydrogens is 401 g/mol. The lowest BCUT2D eigenvalue weighted by atomic mass is 9.82. The number of halogens is 3. The largest absolute Gasteiger partial charge is 0.480 e. The highest BCUT2D eigenvalue weighted by Gasteiger charge is 2.49. The van der Waals surface area contributed by atoms with E-state index in [1.807, 2.05) is 0 Å². The van der Waals surface area contributed by atoms with E-state index in [1.165, 1.54) is 38.6 Å². The van der Waals surface area contributed by atoms with Crippen LogP contribution in [0.2, 0.25) is 0 Å². The van der Waals surface area contributed by atoms with E-state index in [0.29, 0.717) is 5.56 Å². The molecule has 0 radical (unpaired) electrons. The first kappa shape index (κ1) is 21.5. The smallest absolute Gasteiger partial charge is 0.283 e. The van der Waals surface area contributed by atoms with Crippen LogP contribution in [0, 0.1) is 5.82 Å². The molecule has 0 aliphatic carbocycles. The van der Waals surface area contributed by atoms with Crippen molar-refractivity contribution in [1.82, 2.24) is 9.97 Å². The number of carbonyl (C=O) groups is 1. The number of nitrogens with two attached hydrogens (primary N) is 1. The van der Waals surface area contributed by atoms with Crippen molar-refractivity contribution in [3.05, 3.63) is 53.2 Å². The van der Waals surface area contributed by atoms with Gasteiger partial charge >= 0.3 is 0 Å². The summed E-state index contributed by atoms with van der Waals surface area (Å²) in [7, 11) is 1.42. The van der Waals surface area contributed by atoms with Crippen LogP contribution >= 0.6 is 0 Å². The minimum Gasteiger partial charge on any atom is -0.480 e. The lowest BCUT2D eigenvalue weighted by Gasteiger charge is -2.39. The maximum atomic E-state index is 15.1. The second-order valence-corrected chi connectivity index (χ2v) is 7.12. The number of ether oxygens (including phenoxy) is 2. The van der Waals surface area contributed by atoms with Gasteiger partial charge < -0.3 is 15.2 Å². The third-order valence-electron chi connectivity index (χ3n) is 4.94. The molecular formula is C20H21F3N4O3. The van der Waals surface area contributed by atoms with E-state index in [4.69, 9.17) is 15.2 Å². The number of aliphatic imine (C=N–C) groups is 1. The van der Waals surface area contributed by atoms with Gasteiger partial charge in [-0.15, -0.1) is 0 Å². The standard InChI is InChI=1S/C20H21F3N4O3/c1-10(21)17-18(23)20(2,27-19(24)30-17)12-6-11(4-5-13(12)22)7-15(28)14-8-26-16(29-3)9-25-14/h4-6,8-10,17-18H,7H2,1-3H3,(H2,24,27)/t10-,17+,18-,20+/m0/s1. The Morgan fingerprint density at radius 3 is 2.70 bits per heavy atom. The second kappa shape index (κ2) is 8.29. The summed E-state index contributed by atoms with van der Waals surface area (Å²) >= 11 is 0. The Hall–Kier alpha value is -3.17. The predicted molar refractivity (Wildman–Crippen MR) is 102 cm³/mol. The lowest BCUT2D eigenvalue weighted by molar-refractivity contribution is -0.0230. The number of nitrogens with zero attached hydrogens (tertiary/aromatic N) is 3. The van der Waals surface area contributed by atoms with E-state index < -0.39 is 35.8 Å². The van der Waals surface area contributed by atoms with Crippen molar-refractivity contribution >= 4 is 11.8 Å². The van der Waals surface area contributed by atoms with Gasteiger partial charge in [0, 0.05) is 12.0 Å². The zero-order valence-electron chi connectivity index (χ0n) is 16.6. The van der Waals surface area contributed by atoms with Crippen LogP contribution in [0.4, 0.5) is 13.2 Å². The third-order valence-corrected chi connectivity index (χ3v) is 4.94. The number of methoxy groups -OCH3 is 1. The number of alkyl halides is 2. The number of hydrogen-bond donors (Lipinski definition) is 1. The average molecular weight is 422 g/mol. The molecule has 1 aromatic heterocycles. The molecule has 0 spiro atoms. The fourth-order valence-electron chi connectivity index (χ4n) is 3.28. The van der Waals surface area contributed by atoms with Crippen molar-refractivity contribution in [3.63, 3.8) is 0 Å². The molecule has 0 bridgehead atoms. The quantitative estimate of drug-likeness (QED) is 0.719. The first-order chi connectivity index (χ1) is 14.2. The van der Waals surface area contributed by atoms with E-state index >= 15 is 4.39 Å². The number of amidine groups is 1. The Morgan fingerprint density at radius 2 is 2.10 bits per heavy atom. The average Bonchev–Trinajstić information content (AvgIpc) is 2.71. The molecule has 160 valence electrons. The molecule has 3 rings (SSSR count). The highest BCUT2D eigenvalue weighted by Crippen LogP contribution is 2.39. The molecule has 0 amide bonds. The second-order valence-electron chi connectivity index (χ2n) is 7.12. The fraction of sp³-hybridized carbons (Fsp3) is 0.400. The lowest BCUT2D eigenvalue weighted by Crippen LogP contribution is -2.52. The summed E-state index contributed by atoms with van der Waals surface area (Å²) in [5, 5.41) is 0. The third kappa shape index (κ3) is 4.07. The van der Waals surface area contributed by atoms with Crippen LogP contribution in [-0.4, -0.2) is 47.3 Å². The molecule has 0 unspecified atom stereocenters. The van der Waals surface area contributed by atoms with Crippen molar-refractivity contribution in [3.8, 4) is 5.88 Å². The minimum absolute atomic E-state index is 0.0934. The summed E-state index contributed by atoms with van der Waals surface area (Å²) in [4.78, 5) is 24.3. The normalized spacial score (nSPS) is 24.5. The molecule has 2 aromatic rings. The Kier molecular flexibility index (Phi) is 5.95. The first-order valence-electron chi connectivity index (χ1n) is 9.14. The number of rotatable bonds is 6. The van der Waals surface area contributed by atoms with E-state index in [-0.39, 0.29) is 29.3 Å². The number of benzene rings is 1. The van der Waals surface area contributed by atoms with Crippen LogP contribution in [0.15, 0.2) is 35.6 Å². The van der Waals surface area contributed by atoms with Gasteiger partial charge in [-0.2, -0.15) is 0 Å². The summed E-state index contributed by atoms with van der Waals surface area (Å²) in [6.45, 7) is 2.43. The first-order valence-corrected chi connectivity index (χ1v) is 9.14. The zero-order chi connectivity index (χ0) is 22.1. The molecule has 0 fully saturated rings. The SMILES string of the molecule is COc1cnc(C(=O)Cc2ccc(F)c([C@@]3(C)N=C(N)O[C@H]([C@H](C)F)[C@@H]3F)c2)cn1. The molecule has 0 saturated carbocycles. The molecule has 2 heterocycles. The van der Waals surface area contributed by atoms with Crippen molar-refractivity contribution in [1.29, 1.82) is 0 Å². The highest BCUT2D eigenvalue weighted by molar-refractivity contribution is 5.95. The molecule has 1 aromatic carbocycles. The summed E-state index contributed by atoms with van der Waals surface area (Å²) in [5.41, 5.74) is 4.11. The maximum absolute atomic E-state index is 15.1. The molecule has 1 aliphatic heterocycles. The van der Waals surface area contributed by atoms with Gasteiger partial charge in [0.2, 0.25) is 5.88 Å². The molecule has 2 N–H and O–H groups in total. The topological polar surface area (TPSA) is 99.7 Å². The van der Waals surface area contributed by atoms with Gasteiger partial charge in [-0.25, -0.2) is 28.1 Å². The van der Waals surface area contributed by atoms with Crippen molar-refractivity contribution in [2.75, 3.05) is 7.11 Å². The van der Waals surface area contributed by atoms with E-state index in [2.05, 4.69) is 15.0 Å². The monoisotopic (exact) mass is 422 g/mol. The van der Waals surface area contributed by atoms with Crippen LogP contribution < -0.4 is 10.5 Å². The Bertz CT molecular complexity index is 968. The van der Waals surface area contributed by atoms with Crippen LogP contribution in [0.25, 0.3) is 0 Å². The fourth-order valence-corrected chi connectivity index (χ4v) is 3.28. The predicted octanol–water partition coefficient (Wildman–Crippen LogP) is 2.67. The van der Waals surface area contributed by atoms with Crippen LogP contribution in [0.3, 0.4) is 0 Å². The summed E-state index contributed by atoms with van der Waals surface area (Å²) in [6.07, 6.45) is -2.81. The molecule has 10 heteroatoms. The number of carbonyl (C=O) groups excluding carboxylic acids is 1. The summed E-state index contributed by atoms with van der Waals surface area (Å²) in [5.74, 6) is -0.886. The van der Waals surface area contributed by atoms with Gasteiger partial charge in [0.25, 0.3) is 6.02 Å². The molecule has 7 nitrogen and oxygen atoms in total. The van der Waals surface area contributed by atoms with Crippen LogP contribution in [0.1, 0.15) is 35.5 Å². The van der Waals surface area contributed by atoms with Gasteiger partial charge in [0.15, 0.2) is 18.1 Å². The molecule has 1 aliphatic rings. The van der Waals surface area contributed by atoms with Gasteiger partial charge in [0.1, 0.15) is 23.2 Å². The molecule has 0 saturated heterocycles. The summed E-state index contributed by atoms with van der Waals surface area (Å²) < 4.78 is 53.5. The number of aromatic nitrogens is 2. The van der Waals surface area contributed by atoms with Crippen molar-refractivity contribution in [2.24, 2.45) is 10.7 Å². The van der Waals surface area contributed by atoms with Gasteiger partial charge in [-0.05, 0) is 31.5 Å². The van der Waals surface area contributed by atoms with E-state index in [0.717, 1.165) is 13.0 Å². The number of hydrogen-bond acceptors (Lipinski definition) is 7. The number of Topliss-reactive ketones (excluding diaryl/α,β-unsaturated/α-hetero) is 1. The maximum Gasteiger partial charge on any atom is 0.283 e. The van der Waals surface area contributed by atoms with Crippen LogP contribution in [0.5, 0.6) is 5.88 Å². The molecule has 4 atom stereocenters. The zero-order valence-corrected chi connectivity index (χ0v) is 16.6. The minimum atomic E-state index is -2.00. The van der Waals surface area contributed by atoms with Crippen LogP contribution in [-0.2, 0) is 16.7 Å². The van der Waals surface area contributed by atoms with E-state index in [1.54, 1.807) is 0 Å².